The van der Waals surface area contributed by atoms with Crippen molar-refractivity contribution < 1.29 is 24.8 Å². The predicted octanol–water partition coefficient (Wildman–Crippen LogP) is -1.29. The molecule has 0 aromatic carbocycles. The Bertz CT molecular complexity index is 143. The van der Waals surface area contributed by atoms with Crippen LogP contribution < -0.4 is 0 Å². The summed E-state index contributed by atoms with van der Waals surface area (Å²) in [4.78, 5) is 0. The molecule has 1 rings (SSSR count). The second-order valence-corrected chi connectivity index (χ2v) is 3.30. The van der Waals surface area contributed by atoms with Crippen LogP contribution in [0.1, 0.15) is 6.92 Å². The smallest absolute Gasteiger partial charge is 0.186 e. The van der Waals surface area contributed by atoms with E-state index in [1.165, 1.54) is 7.11 Å². The Morgan fingerprint density at radius 2 is 1.92 bits per heavy atom. The highest BCUT2D eigenvalue weighted by Gasteiger charge is 2.41. The third-order valence-electron chi connectivity index (χ3n) is 2.48. The van der Waals surface area contributed by atoms with E-state index in [0.717, 1.165) is 0 Å². The molecular formula is C8H16O5. The van der Waals surface area contributed by atoms with Gasteiger partial charge in [-0.1, -0.05) is 6.92 Å². The van der Waals surface area contributed by atoms with Crippen LogP contribution in [-0.4, -0.2) is 53.6 Å². The van der Waals surface area contributed by atoms with Gasteiger partial charge < -0.3 is 24.8 Å². The van der Waals surface area contributed by atoms with Gasteiger partial charge in [0.15, 0.2) is 6.29 Å². The zero-order chi connectivity index (χ0) is 10.0. The fraction of sp³-hybridized carbons (Fsp3) is 1.00. The normalized spacial score (nSPS) is 46.4. The molecule has 1 aliphatic heterocycles. The minimum Gasteiger partial charge on any atom is -0.394 e. The maximum Gasteiger partial charge on any atom is 0.186 e. The largest absolute Gasteiger partial charge is 0.394 e. The van der Waals surface area contributed by atoms with Crippen LogP contribution in [-0.2, 0) is 9.47 Å². The summed E-state index contributed by atoms with van der Waals surface area (Å²) in [5, 5.41) is 27.9. The van der Waals surface area contributed by atoms with Crippen LogP contribution in [0.2, 0.25) is 0 Å². The van der Waals surface area contributed by atoms with Gasteiger partial charge in [-0.2, -0.15) is 0 Å². The summed E-state index contributed by atoms with van der Waals surface area (Å²) < 4.78 is 10.0. The summed E-state index contributed by atoms with van der Waals surface area (Å²) in [5.41, 5.74) is 0. The average molecular weight is 192 g/mol. The lowest BCUT2D eigenvalue weighted by Gasteiger charge is -2.40. The quantitative estimate of drug-likeness (QED) is 0.507. The molecule has 0 bridgehead atoms. The first-order valence-electron chi connectivity index (χ1n) is 4.27. The topological polar surface area (TPSA) is 79.2 Å². The summed E-state index contributed by atoms with van der Waals surface area (Å²) in [5.74, 6) is -0.300. The summed E-state index contributed by atoms with van der Waals surface area (Å²) in [6.45, 7) is 1.52. The number of rotatable bonds is 2. The Morgan fingerprint density at radius 3 is 2.38 bits per heavy atom. The maximum absolute atomic E-state index is 9.53. The minimum atomic E-state index is -1.05. The van der Waals surface area contributed by atoms with E-state index in [0.29, 0.717) is 0 Å². The van der Waals surface area contributed by atoms with Gasteiger partial charge in [-0.25, -0.2) is 0 Å². The van der Waals surface area contributed by atoms with Crippen LogP contribution in [0.15, 0.2) is 0 Å². The Kier molecular flexibility index (Phi) is 3.63. The molecule has 0 saturated carbocycles. The molecule has 78 valence electrons. The Hall–Kier alpha value is -0.200. The molecule has 5 heteroatoms. The van der Waals surface area contributed by atoms with Crippen molar-refractivity contribution in [1.82, 2.24) is 0 Å². The third kappa shape index (κ3) is 2.00. The molecule has 1 fully saturated rings. The van der Waals surface area contributed by atoms with E-state index in [1.807, 2.05) is 0 Å². The van der Waals surface area contributed by atoms with Crippen LogP contribution in [0.4, 0.5) is 0 Å². The van der Waals surface area contributed by atoms with Gasteiger partial charge in [0.1, 0.15) is 6.10 Å². The number of aliphatic hydroxyl groups is 3. The molecule has 1 saturated heterocycles. The highest BCUT2D eigenvalue weighted by molar-refractivity contribution is 4.86. The third-order valence-corrected chi connectivity index (χ3v) is 2.48. The van der Waals surface area contributed by atoms with E-state index in [2.05, 4.69) is 0 Å². The first-order chi connectivity index (χ1) is 6.11. The standard InChI is InChI=1S/C8H16O5/c1-4-5(3-9)13-8(12-2)7(11)6(4)10/h4-11H,3H2,1-2H3/t4-,5+,6+,7+,8-/m0/s1. The summed E-state index contributed by atoms with van der Waals surface area (Å²) in [6, 6.07) is 0. The van der Waals surface area contributed by atoms with Gasteiger partial charge in [0.2, 0.25) is 0 Å². The number of hydrogen-bond acceptors (Lipinski definition) is 5. The fourth-order valence-corrected chi connectivity index (χ4v) is 1.47. The van der Waals surface area contributed by atoms with Crippen molar-refractivity contribution in [2.24, 2.45) is 5.92 Å². The van der Waals surface area contributed by atoms with Gasteiger partial charge in [-0.3, -0.25) is 0 Å². The Labute approximate surface area is 76.9 Å². The Balaban J connectivity index is 2.66. The second-order valence-electron chi connectivity index (χ2n) is 3.30. The molecule has 13 heavy (non-hydrogen) atoms. The van der Waals surface area contributed by atoms with E-state index in [9.17, 15) is 10.2 Å². The number of methoxy groups -OCH3 is 1. The van der Waals surface area contributed by atoms with Gasteiger partial charge in [0.05, 0.1) is 18.8 Å². The Morgan fingerprint density at radius 1 is 1.31 bits per heavy atom. The molecular weight excluding hydrogens is 176 g/mol. The van der Waals surface area contributed by atoms with E-state index < -0.39 is 24.6 Å². The van der Waals surface area contributed by atoms with Gasteiger partial charge >= 0.3 is 0 Å². The molecule has 0 aromatic heterocycles. The summed E-state index contributed by atoms with van der Waals surface area (Å²) in [6.07, 6.45) is -3.31. The van der Waals surface area contributed by atoms with Gasteiger partial charge in [0.25, 0.3) is 0 Å². The molecule has 0 aromatic rings. The van der Waals surface area contributed by atoms with Crippen LogP contribution in [0.25, 0.3) is 0 Å². The SMILES string of the molecule is CO[C@H]1O[C@H](CO)[C@H](C)[C@@H](O)[C@H]1O. The van der Waals surface area contributed by atoms with Gasteiger partial charge in [0, 0.05) is 13.0 Å². The van der Waals surface area contributed by atoms with Crippen LogP contribution >= 0.6 is 0 Å². The van der Waals surface area contributed by atoms with Crippen LogP contribution in [0.3, 0.4) is 0 Å². The van der Waals surface area contributed by atoms with Gasteiger partial charge in [-0.15, -0.1) is 0 Å². The lowest BCUT2D eigenvalue weighted by molar-refractivity contribution is -0.280. The molecule has 0 radical (unpaired) electrons. The van der Waals surface area contributed by atoms with E-state index in [-0.39, 0.29) is 12.5 Å². The molecule has 5 atom stereocenters. The molecule has 3 N–H and O–H groups in total. The average Bonchev–Trinajstić information content (AvgIpc) is 2.15. The van der Waals surface area contributed by atoms with E-state index in [4.69, 9.17) is 14.6 Å². The first-order valence-corrected chi connectivity index (χ1v) is 4.27. The monoisotopic (exact) mass is 192 g/mol. The summed E-state index contributed by atoms with van der Waals surface area (Å²) >= 11 is 0. The van der Waals surface area contributed by atoms with Crippen molar-refractivity contribution in [3.63, 3.8) is 0 Å². The molecule has 0 spiro atoms. The van der Waals surface area contributed by atoms with Crippen molar-refractivity contribution >= 4 is 0 Å². The maximum atomic E-state index is 9.53. The summed E-state index contributed by atoms with van der Waals surface area (Å²) in [7, 11) is 1.38. The molecule has 0 aliphatic carbocycles. The lowest BCUT2D eigenvalue weighted by Crippen LogP contribution is -2.55. The zero-order valence-corrected chi connectivity index (χ0v) is 7.75. The first kappa shape index (κ1) is 10.9. The predicted molar refractivity (Wildman–Crippen MR) is 43.9 cm³/mol. The highest BCUT2D eigenvalue weighted by Crippen LogP contribution is 2.25. The highest BCUT2D eigenvalue weighted by atomic mass is 16.7. The molecule has 5 nitrogen and oxygen atoms in total. The van der Waals surface area contributed by atoms with E-state index in [1.54, 1.807) is 6.92 Å². The molecule has 1 heterocycles. The zero-order valence-electron chi connectivity index (χ0n) is 7.75. The number of ether oxygens (including phenoxy) is 2. The van der Waals surface area contributed by atoms with E-state index >= 15 is 0 Å². The minimum absolute atomic E-state index is 0.190. The second kappa shape index (κ2) is 4.34. The van der Waals surface area contributed by atoms with Crippen molar-refractivity contribution in [1.29, 1.82) is 0 Å². The van der Waals surface area contributed by atoms with Crippen molar-refractivity contribution in [2.45, 2.75) is 31.5 Å². The molecule has 0 unspecified atom stereocenters. The van der Waals surface area contributed by atoms with Crippen molar-refractivity contribution in [2.75, 3.05) is 13.7 Å². The molecule has 0 amide bonds. The van der Waals surface area contributed by atoms with Gasteiger partial charge in [-0.05, 0) is 0 Å². The number of aliphatic hydroxyl groups excluding tert-OH is 3. The van der Waals surface area contributed by atoms with Crippen LogP contribution in [0, 0.1) is 5.92 Å². The van der Waals surface area contributed by atoms with Crippen molar-refractivity contribution in [3.8, 4) is 0 Å². The van der Waals surface area contributed by atoms with Crippen molar-refractivity contribution in [3.05, 3.63) is 0 Å². The molecule has 1 aliphatic rings. The fourth-order valence-electron chi connectivity index (χ4n) is 1.47. The van der Waals surface area contributed by atoms with Crippen LogP contribution in [0.5, 0.6) is 0 Å². The lowest BCUT2D eigenvalue weighted by atomic mass is 9.91. The number of hydrogen-bond donors (Lipinski definition) is 3.